The van der Waals surface area contributed by atoms with Crippen LogP contribution in [0.25, 0.3) is 0 Å². The average molecular weight is 303 g/mol. The van der Waals surface area contributed by atoms with Gasteiger partial charge in [-0.25, -0.2) is 0 Å². The second-order valence-electron chi connectivity index (χ2n) is 3.66. The quantitative estimate of drug-likeness (QED) is 0.774. The smallest absolute Gasteiger partial charge is 0.0215 e. The number of thioether (sulfide) groups is 2. The van der Waals surface area contributed by atoms with Gasteiger partial charge in [-0.15, -0.1) is 0 Å². The fourth-order valence-electron chi connectivity index (χ4n) is 1.84. The van der Waals surface area contributed by atoms with E-state index in [4.69, 9.17) is 0 Å². The molecule has 1 aromatic carbocycles. The van der Waals surface area contributed by atoms with E-state index in [2.05, 4.69) is 69.8 Å². The Morgan fingerprint density at radius 1 is 1.27 bits per heavy atom. The molecule has 0 spiro atoms. The fourth-order valence-corrected chi connectivity index (χ4v) is 5.86. The lowest BCUT2D eigenvalue weighted by Gasteiger charge is -2.28. The molecule has 1 heterocycles. The zero-order valence-corrected chi connectivity index (χ0v) is 11.8. The second kappa shape index (κ2) is 6.21. The van der Waals surface area contributed by atoms with Crippen molar-refractivity contribution in [3.8, 4) is 0 Å². The molecular formula is C12H15BrS2. The maximum atomic E-state index is 3.67. The van der Waals surface area contributed by atoms with E-state index in [1.807, 2.05) is 0 Å². The lowest BCUT2D eigenvalue weighted by molar-refractivity contribution is 0.772. The molecule has 82 valence electrons. The van der Waals surface area contributed by atoms with Crippen LogP contribution in [0.15, 0.2) is 30.3 Å². The van der Waals surface area contributed by atoms with Gasteiger partial charge in [0.2, 0.25) is 0 Å². The summed E-state index contributed by atoms with van der Waals surface area (Å²) in [6.45, 7) is 0. The standard InChI is InChI=1S/C12H15BrS2/c13-8-11(10-4-2-1-3-5-10)12-9-14-6-7-15-12/h1-5,11-12H,6-9H2. The van der Waals surface area contributed by atoms with Crippen molar-refractivity contribution in [3.05, 3.63) is 35.9 Å². The Bertz CT molecular complexity index is 283. The second-order valence-corrected chi connectivity index (χ2v) is 6.80. The van der Waals surface area contributed by atoms with Crippen LogP contribution in [0, 0.1) is 0 Å². The van der Waals surface area contributed by atoms with E-state index in [9.17, 15) is 0 Å². The highest BCUT2D eigenvalue weighted by atomic mass is 79.9. The van der Waals surface area contributed by atoms with Gasteiger partial charge in [0.25, 0.3) is 0 Å². The van der Waals surface area contributed by atoms with Gasteiger partial charge in [0.05, 0.1) is 0 Å². The molecule has 0 radical (unpaired) electrons. The van der Waals surface area contributed by atoms with Crippen LogP contribution < -0.4 is 0 Å². The van der Waals surface area contributed by atoms with Crippen LogP contribution >= 0.6 is 39.5 Å². The summed E-state index contributed by atoms with van der Waals surface area (Å²) in [5.41, 5.74) is 1.48. The molecule has 3 heteroatoms. The molecule has 0 amide bonds. The summed E-state index contributed by atoms with van der Waals surface area (Å²) in [5, 5.41) is 1.86. The molecule has 0 nitrogen and oxygen atoms in total. The normalized spacial score (nSPS) is 23.7. The van der Waals surface area contributed by atoms with Gasteiger partial charge in [0, 0.05) is 33.8 Å². The molecule has 2 unspecified atom stereocenters. The van der Waals surface area contributed by atoms with E-state index >= 15 is 0 Å². The summed E-state index contributed by atoms with van der Waals surface area (Å²) in [6.07, 6.45) is 0. The van der Waals surface area contributed by atoms with Crippen molar-refractivity contribution >= 4 is 39.5 Å². The molecule has 1 fully saturated rings. The van der Waals surface area contributed by atoms with E-state index in [-0.39, 0.29) is 0 Å². The van der Waals surface area contributed by atoms with Crippen LogP contribution in [0.3, 0.4) is 0 Å². The van der Waals surface area contributed by atoms with Gasteiger partial charge in [-0.05, 0) is 5.56 Å². The average Bonchev–Trinajstić information content (AvgIpc) is 2.33. The maximum Gasteiger partial charge on any atom is 0.0215 e. The van der Waals surface area contributed by atoms with Crippen molar-refractivity contribution in [2.24, 2.45) is 0 Å². The molecule has 0 bridgehead atoms. The van der Waals surface area contributed by atoms with Gasteiger partial charge in [0.15, 0.2) is 0 Å². The van der Waals surface area contributed by atoms with E-state index < -0.39 is 0 Å². The third-order valence-electron chi connectivity index (χ3n) is 2.68. The van der Waals surface area contributed by atoms with Crippen LogP contribution in [0.1, 0.15) is 11.5 Å². The first-order valence-corrected chi connectivity index (χ1v) is 8.54. The minimum Gasteiger partial charge on any atom is -0.160 e. The summed E-state index contributed by atoms with van der Waals surface area (Å²) in [6, 6.07) is 10.9. The molecule has 0 aromatic heterocycles. The van der Waals surface area contributed by atoms with Crippen molar-refractivity contribution in [2.45, 2.75) is 11.2 Å². The first kappa shape index (κ1) is 11.9. The molecule has 2 rings (SSSR count). The first-order chi connectivity index (χ1) is 7.42. The number of alkyl halides is 1. The Hall–Kier alpha value is 0.400. The van der Waals surface area contributed by atoms with E-state index in [0.29, 0.717) is 5.92 Å². The predicted octanol–water partition coefficient (Wildman–Crippen LogP) is 4.01. The molecule has 1 aromatic rings. The summed E-state index contributed by atoms with van der Waals surface area (Å²) in [5.74, 6) is 4.61. The maximum absolute atomic E-state index is 3.67. The summed E-state index contributed by atoms with van der Waals surface area (Å²) < 4.78 is 0. The molecular weight excluding hydrogens is 288 g/mol. The molecule has 0 N–H and O–H groups in total. The number of hydrogen-bond acceptors (Lipinski definition) is 2. The minimum atomic E-state index is 0.670. The lowest BCUT2D eigenvalue weighted by Crippen LogP contribution is -2.23. The minimum absolute atomic E-state index is 0.670. The zero-order chi connectivity index (χ0) is 10.5. The molecule has 1 aliphatic heterocycles. The Balaban J connectivity index is 2.09. The Morgan fingerprint density at radius 2 is 2.07 bits per heavy atom. The van der Waals surface area contributed by atoms with Crippen LogP contribution in [0.4, 0.5) is 0 Å². The van der Waals surface area contributed by atoms with Gasteiger partial charge < -0.3 is 0 Å². The van der Waals surface area contributed by atoms with Crippen molar-refractivity contribution in [2.75, 3.05) is 22.6 Å². The monoisotopic (exact) mass is 302 g/mol. The zero-order valence-electron chi connectivity index (χ0n) is 8.56. The van der Waals surface area contributed by atoms with Crippen LogP contribution in [0.5, 0.6) is 0 Å². The van der Waals surface area contributed by atoms with Gasteiger partial charge in [-0.1, -0.05) is 46.3 Å². The fraction of sp³-hybridized carbons (Fsp3) is 0.500. The van der Waals surface area contributed by atoms with Crippen molar-refractivity contribution in [1.29, 1.82) is 0 Å². The van der Waals surface area contributed by atoms with E-state index in [0.717, 1.165) is 10.6 Å². The van der Waals surface area contributed by atoms with Gasteiger partial charge in [0.1, 0.15) is 0 Å². The molecule has 1 saturated heterocycles. The number of rotatable bonds is 3. The Morgan fingerprint density at radius 3 is 2.67 bits per heavy atom. The third kappa shape index (κ3) is 3.18. The topological polar surface area (TPSA) is 0 Å². The van der Waals surface area contributed by atoms with Crippen LogP contribution in [-0.2, 0) is 0 Å². The van der Waals surface area contributed by atoms with Crippen molar-refractivity contribution in [1.82, 2.24) is 0 Å². The number of hydrogen-bond donors (Lipinski definition) is 0. The largest absolute Gasteiger partial charge is 0.160 e. The predicted molar refractivity (Wildman–Crippen MR) is 76.5 cm³/mol. The molecule has 0 saturated carbocycles. The molecule has 15 heavy (non-hydrogen) atoms. The van der Waals surface area contributed by atoms with E-state index in [1.54, 1.807) is 0 Å². The lowest BCUT2D eigenvalue weighted by atomic mass is 9.98. The Labute approximate surface area is 109 Å². The summed E-state index contributed by atoms with van der Waals surface area (Å²) >= 11 is 7.91. The summed E-state index contributed by atoms with van der Waals surface area (Å²) in [4.78, 5) is 0. The third-order valence-corrected chi connectivity index (χ3v) is 6.30. The number of halogens is 1. The van der Waals surface area contributed by atoms with Crippen LogP contribution in [-0.4, -0.2) is 27.8 Å². The first-order valence-electron chi connectivity index (χ1n) is 5.22. The highest BCUT2D eigenvalue weighted by Gasteiger charge is 2.24. The van der Waals surface area contributed by atoms with Gasteiger partial charge >= 0.3 is 0 Å². The summed E-state index contributed by atoms with van der Waals surface area (Å²) in [7, 11) is 0. The van der Waals surface area contributed by atoms with Crippen molar-refractivity contribution < 1.29 is 0 Å². The van der Waals surface area contributed by atoms with Gasteiger partial charge in [-0.3, -0.25) is 0 Å². The highest BCUT2D eigenvalue weighted by molar-refractivity contribution is 9.09. The molecule has 2 atom stereocenters. The highest BCUT2D eigenvalue weighted by Crippen LogP contribution is 2.35. The van der Waals surface area contributed by atoms with Gasteiger partial charge in [-0.2, -0.15) is 23.5 Å². The molecule has 0 aliphatic carbocycles. The number of benzene rings is 1. The molecule has 1 aliphatic rings. The van der Waals surface area contributed by atoms with Crippen molar-refractivity contribution in [3.63, 3.8) is 0 Å². The SMILES string of the molecule is BrCC(c1ccccc1)C1CSCCS1. The van der Waals surface area contributed by atoms with E-state index in [1.165, 1.54) is 22.8 Å². The van der Waals surface area contributed by atoms with Crippen LogP contribution in [0.2, 0.25) is 0 Å². The Kier molecular flexibility index (Phi) is 4.92.